The fourth-order valence-electron chi connectivity index (χ4n) is 2.66. The van der Waals surface area contributed by atoms with Gasteiger partial charge in [-0.15, -0.1) is 11.3 Å². The molecular formula is C16H19N3OS. The van der Waals surface area contributed by atoms with Crippen molar-refractivity contribution >= 4 is 23.1 Å². The average molecular weight is 301 g/mol. The van der Waals surface area contributed by atoms with Crippen LogP contribution in [-0.2, 0) is 13.0 Å². The van der Waals surface area contributed by atoms with Crippen LogP contribution in [0.4, 0.5) is 10.5 Å². The number of aryl methyl sites for hydroxylation is 1. The summed E-state index contributed by atoms with van der Waals surface area (Å²) in [7, 11) is 1.79. The summed E-state index contributed by atoms with van der Waals surface area (Å²) in [4.78, 5) is 14.5. The number of amides is 2. The first-order valence-corrected chi connectivity index (χ1v) is 7.95. The molecule has 2 heterocycles. The van der Waals surface area contributed by atoms with Crippen LogP contribution in [0.1, 0.15) is 34.5 Å². The topological polar surface area (TPSA) is 58.4 Å². The third kappa shape index (κ3) is 2.54. The number of hydrogen-bond acceptors (Lipinski definition) is 3. The van der Waals surface area contributed by atoms with Crippen LogP contribution in [0.15, 0.2) is 29.6 Å². The van der Waals surface area contributed by atoms with Crippen molar-refractivity contribution in [3.63, 3.8) is 0 Å². The second-order valence-electron chi connectivity index (χ2n) is 5.34. The van der Waals surface area contributed by atoms with E-state index in [1.807, 2.05) is 12.1 Å². The molecule has 1 aliphatic rings. The van der Waals surface area contributed by atoms with Gasteiger partial charge < -0.3 is 16.0 Å². The lowest BCUT2D eigenvalue weighted by Crippen LogP contribution is -2.35. The molecule has 0 saturated heterocycles. The smallest absolute Gasteiger partial charge is 0.321 e. The zero-order valence-electron chi connectivity index (χ0n) is 12.2. The van der Waals surface area contributed by atoms with Gasteiger partial charge in [-0.05, 0) is 46.7 Å². The van der Waals surface area contributed by atoms with Crippen molar-refractivity contribution in [2.45, 2.75) is 25.9 Å². The Morgan fingerprint density at radius 3 is 3.00 bits per heavy atom. The Morgan fingerprint density at radius 2 is 2.24 bits per heavy atom. The van der Waals surface area contributed by atoms with Gasteiger partial charge in [-0.2, -0.15) is 0 Å². The summed E-state index contributed by atoms with van der Waals surface area (Å²) in [6.07, 6.45) is 0.996. The highest BCUT2D eigenvalue weighted by Gasteiger charge is 2.21. The number of nitrogens with two attached hydrogens (primary N) is 1. The third-order valence-electron chi connectivity index (χ3n) is 3.93. The van der Waals surface area contributed by atoms with Crippen LogP contribution in [0, 0.1) is 0 Å². The van der Waals surface area contributed by atoms with Crippen LogP contribution >= 0.6 is 11.3 Å². The Balaban J connectivity index is 1.94. The van der Waals surface area contributed by atoms with Gasteiger partial charge in [0.2, 0.25) is 0 Å². The predicted octanol–water partition coefficient (Wildman–Crippen LogP) is 3.34. The fourth-order valence-corrected chi connectivity index (χ4v) is 3.69. The summed E-state index contributed by atoms with van der Waals surface area (Å²) < 4.78 is 0. The second kappa shape index (κ2) is 5.50. The molecule has 21 heavy (non-hydrogen) atoms. The number of urea groups is 1. The van der Waals surface area contributed by atoms with Crippen LogP contribution in [0.5, 0.6) is 0 Å². The Morgan fingerprint density at radius 1 is 1.43 bits per heavy atom. The van der Waals surface area contributed by atoms with Crippen LogP contribution in [0.3, 0.4) is 0 Å². The molecule has 1 atom stereocenters. The summed E-state index contributed by atoms with van der Waals surface area (Å²) >= 11 is 1.71. The zero-order valence-corrected chi connectivity index (χ0v) is 13.0. The van der Waals surface area contributed by atoms with E-state index in [1.165, 1.54) is 10.4 Å². The number of hydrogen-bond donors (Lipinski definition) is 2. The van der Waals surface area contributed by atoms with E-state index in [1.54, 1.807) is 23.3 Å². The standard InChI is InChI=1S/C16H19N3OS/c1-3-10-6-7-21-15(10)14(17)11-4-5-13-12(8-11)9-19(2)16(20)18-13/h4-8,14H,3,9,17H2,1-2H3,(H,18,20). The molecule has 1 aliphatic heterocycles. The number of carbonyl (C=O) groups is 1. The number of fused-ring (bicyclic) bond motifs is 1. The normalized spacial score (nSPS) is 15.6. The molecule has 5 heteroatoms. The molecule has 110 valence electrons. The fraction of sp³-hybridized carbons (Fsp3) is 0.312. The minimum atomic E-state index is -0.104. The average Bonchev–Trinajstić information content (AvgIpc) is 2.95. The van der Waals surface area contributed by atoms with Crippen molar-refractivity contribution in [2.24, 2.45) is 5.73 Å². The van der Waals surface area contributed by atoms with Gasteiger partial charge >= 0.3 is 6.03 Å². The Bertz CT molecular complexity index is 680. The number of anilines is 1. The minimum Gasteiger partial charge on any atom is -0.323 e. The van der Waals surface area contributed by atoms with Gasteiger partial charge in [0.25, 0.3) is 0 Å². The number of nitrogens with one attached hydrogen (secondary N) is 1. The van der Waals surface area contributed by atoms with Crippen molar-refractivity contribution in [2.75, 3.05) is 12.4 Å². The first-order chi connectivity index (χ1) is 10.1. The van der Waals surface area contributed by atoms with Crippen molar-refractivity contribution in [3.05, 3.63) is 51.2 Å². The van der Waals surface area contributed by atoms with Gasteiger partial charge in [-0.1, -0.05) is 13.0 Å². The first-order valence-electron chi connectivity index (χ1n) is 7.07. The number of nitrogens with zero attached hydrogens (tertiary/aromatic N) is 1. The lowest BCUT2D eigenvalue weighted by atomic mass is 9.98. The molecule has 3 N–H and O–H groups in total. The van der Waals surface area contributed by atoms with E-state index in [0.29, 0.717) is 6.54 Å². The molecule has 2 aromatic rings. The summed E-state index contributed by atoms with van der Waals surface area (Å²) in [5.41, 5.74) is 10.8. The van der Waals surface area contributed by atoms with Crippen LogP contribution in [0.25, 0.3) is 0 Å². The number of carbonyl (C=O) groups excluding carboxylic acids is 1. The summed E-state index contributed by atoms with van der Waals surface area (Å²) in [6.45, 7) is 2.77. The molecule has 1 aromatic heterocycles. The molecule has 0 saturated carbocycles. The van der Waals surface area contributed by atoms with Crippen molar-refractivity contribution < 1.29 is 4.79 Å². The van der Waals surface area contributed by atoms with Gasteiger partial charge in [0.1, 0.15) is 0 Å². The van der Waals surface area contributed by atoms with Gasteiger partial charge in [0.15, 0.2) is 0 Å². The van der Waals surface area contributed by atoms with E-state index in [9.17, 15) is 4.79 Å². The Hall–Kier alpha value is -1.85. The van der Waals surface area contributed by atoms with Crippen molar-refractivity contribution in [1.29, 1.82) is 0 Å². The highest BCUT2D eigenvalue weighted by atomic mass is 32.1. The molecule has 0 radical (unpaired) electrons. The molecule has 1 aromatic carbocycles. The van der Waals surface area contributed by atoms with E-state index in [0.717, 1.165) is 23.2 Å². The highest BCUT2D eigenvalue weighted by molar-refractivity contribution is 7.10. The van der Waals surface area contributed by atoms with Crippen molar-refractivity contribution in [3.8, 4) is 0 Å². The third-order valence-corrected chi connectivity index (χ3v) is 4.97. The van der Waals surface area contributed by atoms with Gasteiger partial charge in [0, 0.05) is 24.2 Å². The van der Waals surface area contributed by atoms with Gasteiger partial charge in [-0.25, -0.2) is 4.79 Å². The first kappa shape index (κ1) is 14.1. The predicted molar refractivity (Wildman–Crippen MR) is 86.7 cm³/mol. The van der Waals surface area contributed by atoms with E-state index >= 15 is 0 Å². The molecule has 2 amide bonds. The number of rotatable bonds is 3. The zero-order chi connectivity index (χ0) is 15.0. The molecule has 3 rings (SSSR count). The largest absolute Gasteiger partial charge is 0.323 e. The van der Waals surface area contributed by atoms with Gasteiger partial charge in [-0.3, -0.25) is 0 Å². The molecule has 0 aliphatic carbocycles. The summed E-state index contributed by atoms with van der Waals surface area (Å²) in [5.74, 6) is 0. The highest BCUT2D eigenvalue weighted by Crippen LogP contribution is 2.31. The molecule has 0 spiro atoms. The lowest BCUT2D eigenvalue weighted by Gasteiger charge is -2.27. The van der Waals surface area contributed by atoms with E-state index < -0.39 is 0 Å². The number of benzene rings is 1. The van der Waals surface area contributed by atoms with E-state index in [-0.39, 0.29) is 12.1 Å². The Labute approximate surface area is 128 Å². The maximum atomic E-state index is 11.6. The van der Waals surface area contributed by atoms with Crippen molar-refractivity contribution in [1.82, 2.24) is 4.90 Å². The van der Waals surface area contributed by atoms with Crippen LogP contribution < -0.4 is 11.1 Å². The SMILES string of the molecule is CCc1ccsc1C(N)c1ccc2c(c1)CN(C)C(=O)N2. The summed E-state index contributed by atoms with van der Waals surface area (Å²) in [5, 5.41) is 4.98. The summed E-state index contributed by atoms with van der Waals surface area (Å²) in [6, 6.07) is 8.05. The monoisotopic (exact) mass is 301 g/mol. The van der Waals surface area contributed by atoms with Gasteiger partial charge in [0.05, 0.1) is 6.04 Å². The lowest BCUT2D eigenvalue weighted by molar-refractivity contribution is 0.218. The molecular weight excluding hydrogens is 282 g/mol. The Kier molecular flexibility index (Phi) is 3.69. The van der Waals surface area contributed by atoms with Crippen LogP contribution in [-0.4, -0.2) is 18.0 Å². The van der Waals surface area contributed by atoms with E-state index in [2.05, 4.69) is 29.8 Å². The number of thiophene rings is 1. The quantitative estimate of drug-likeness (QED) is 0.913. The van der Waals surface area contributed by atoms with E-state index in [4.69, 9.17) is 5.73 Å². The maximum Gasteiger partial charge on any atom is 0.321 e. The molecule has 0 fully saturated rings. The minimum absolute atomic E-state index is 0.0638. The maximum absolute atomic E-state index is 11.6. The van der Waals surface area contributed by atoms with Crippen LogP contribution in [0.2, 0.25) is 0 Å². The second-order valence-corrected chi connectivity index (χ2v) is 6.29. The molecule has 0 bridgehead atoms. The molecule has 4 nitrogen and oxygen atoms in total. The molecule has 1 unspecified atom stereocenters.